The molecule has 0 radical (unpaired) electrons. The zero-order valence-corrected chi connectivity index (χ0v) is 16.8. The predicted molar refractivity (Wildman–Crippen MR) is 108 cm³/mol. The van der Waals surface area contributed by atoms with E-state index in [0.717, 1.165) is 16.8 Å². The van der Waals surface area contributed by atoms with Gasteiger partial charge in [-0.3, -0.25) is 4.79 Å². The lowest BCUT2D eigenvalue weighted by Gasteiger charge is -2.35. The zero-order chi connectivity index (χ0) is 21.0. The molecule has 0 unspecified atom stereocenters. The minimum Gasteiger partial charge on any atom is -0.467 e. The van der Waals surface area contributed by atoms with Crippen LogP contribution in [0.15, 0.2) is 48.5 Å². The lowest BCUT2D eigenvalue weighted by molar-refractivity contribution is -0.155. The second kappa shape index (κ2) is 8.77. The van der Waals surface area contributed by atoms with Gasteiger partial charge in [0.05, 0.1) is 12.7 Å². The Labute approximate surface area is 169 Å². The molecule has 0 fully saturated rings. The number of rotatable bonds is 5. The number of esters is 2. The molecular weight excluding hydrogens is 372 g/mol. The highest BCUT2D eigenvalue weighted by Gasteiger charge is 2.35. The lowest BCUT2D eigenvalue weighted by atomic mass is 9.94. The van der Waals surface area contributed by atoms with Gasteiger partial charge in [-0.25, -0.2) is 9.59 Å². The Hall–Kier alpha value is -3.35. The topological polar surface area (TPSA) is 76.1 Å². The Balaban J connectivity index is 1.71. The van der Waals surface area contributed by atoms with Crippen molar-refractivity contribution in [2.45, 2.75) is 19.0 Å². The standard InChI is InChI=1S/C22H24N2O5/c1-23(2)18-10-6-9-16(11-18)21(26)29-14-20(25)24-13-17-8-5-4-7-15(17)12-19(24)22(27)28-3/h4-11,19H,12-14H2,1-3H3/t19-/m0/s1. The molecule has 152 valence electrons. The number of carbonyl (C=O) groups is 3. The van der Waals surface area contributed by atoms with E-state index in [-0.39, 0.29) is 6.54 Å². The second-order valence-corrected chi connectivity index (χ2v) is 7.05. The van der Waals surface area contributed by atoms with Gasteiger partial charge in [-0.2, -0.15) is 0 Å². The molecule has 1 amide bonds. The maximum atomic E-state index is 12.8. The molecule has 3 rings (SSSR count). The van der Waals surface area contributed by atoms with Crippen LogP contribution in [-0.4, -0.2) is 56.6 Å². The van der Waals surface area contributed by atoms with Crippen molar-refractivity contribution >= 4 is 23.5 Å². The summed E-state index contributed by atoms with van der Waals surface area (Å²) in [5.41, 5.74) is 3.18. The number of benzene rings is 2. The number of methoxy groups -OCH3 is 1. The van der Waals surface area contributed by atoms with Crippen LogP contribution in [0.2, 0.25) is 0 Å². The van der Waals surface area contributed by atoms with E-state index in [0.29, 0.717) is 12.0 Å². The van der Waals surface area contributed by atoms with Crippen molar-refractivity contribution in [3.05, 3.63) is 65.2 Å². The summed E-state index contributed by atoms with van der Waals surface area (Å²) >= 11 is 0. The van der Waals surface area contributed by atoms with Gasteiger partial charge >= 0.3 is 11.9 Å². The molecule has 7 heteroatoms. The van der Waals surface area contributed by atoms with Gasteiger partial charge in [0.25, 0.3) is 5.91 Å². The fourth-order valence-electron chi connectivity index (χ4n) is 3.34. The Morgan fingerprint density at radius 1 is 1.07 bits per heavy atom. The first-order chi connectivity index (χ1) is 13.9. The molecule has 0 aliphatic carbocycles. The molecule has 29 heavy (non-hydrogen) atoms. The van der Waals surface area contributed by atoms with Crippen LogP contribution >= 0.6 is 0 Å². The average Bonchev–Trinajstić information content (AvgIpc) is 2.75. The number of hydrogen-bond donors (Lipinski definition) is 0. The van der Waals surface area contributed by atoms with Gasteiger partial charge in [-0.05, 0) is 29.3 Å². The molecule has 1 atom stereocenters. The minimum absolute atomic E-state index is 0.266. The van der Waals surface area contributed by atoms with Gasteiger partial charge in [0.15, 0.2) is 6.61 Å². The predicted octanol–water partition coefficient (Wildman–Crippen LogP) is 2.04. The average molecular weight is 396 g/mol. The second-order valence-electron chi connectivity index (χ2n) is 7.05. The number of anilines is 1. The molecule has 0 saturated carbocycles. The molecule has 0 N–H and O–H groups in total. The zero-order valence-electron chi connectivity index (χ0n) is 16.8. The van der Waals surface area contributed by atoms with Crippen molar-refractivity contribution in [3.8, 4) is 0 Å². The van der Waals surface area contributed by atoms with E-state index in [1.54, 1.807) is 18.2 Å². The first-order valence-corrected chi connectivity index (χ1v) is 9.29. The fraction of sp³-hybridized carbons (Fsp3) is 0.318. The van der Waals surface area contributed by atoms with Gasteiger partial charge < -0.3 is 19.3 Å². The summed E-state index contributed by atoms with van der Waals surface area (Å²) in [6, 6.07) is 13.9. The summed E-state index contributed by atoms with van der Waals surface area (Å²) in [6.45, 7) is -0.177. The van der Waals surface area contributed by atoms with Gasteiger partial charge in [0.1, 0.15) is 6.04 Å². The van der Waals surface area contributed by atoms with E-state index in [4.69, 9.17) is 9.47 Å². The van der Waals surface area contributed by atoms with Gasteiger partial charge in [0.2, 0.25) is 0 Å². The first-order valence-electron chi connectivity index (χ1n) is 9.29. The molecule has 2 aromatic carbocycles. The van der Waals surface area contributed by atoms with Crippen LogP contribution in [0.25, 0.3) is 0 Å². The number of carbonyl (C=O) groups excluding carboxylic acids is 3. The van der Waals surface area contributed by atoms with Crippen LogP contribution < -0.4 is 4.90 Å². The summed E-state index contributed by atoms with van der Waals surface area (Å²) in [5, 5.41) is 0. The summed E-state index contributed by atoms with van der Waals surface area (Å²) < 4.78 is 10.1. The summed E-state index contributed by atoms with van der Waals surface area (Å²) in [5.74, 6) is -1.51. The van der Waals surface area contributed by atoms with Crippen molar-refractivity contribution in [1.29, 1.82) is 0 Å². The van der Waals surface area contributed by atoms with E-state index in [9.17, 15) is 14.4 Å². The number of ether oxygens (including phenoxy) is 2. The highest BCUT2D eigenvalue weighted by atomic mass is 16.5. The third-order valence-electron chi connectivity index (χ3n) is 4.97. The van der Waals surface area contributed by atoms with Gasteiger partial charge in [0, 0.05) is 32.7 Å². The fourth-order valence-corrected chi connectivity index (χ4v) is 3.34. The van der Waals surface area contributed by atoms with Crippen LogP contribution in [0, 0.1) is 0 Å². The monoisotopic (exact) mass is 396 g/mol. The number of fused-ring (bicyclic) bond motifs is 1. The number of hydrogen-bond acceptors (Lipinski definition) is 6. The summed E-state index contributed by atoms with van der Waals surface area (Å²) in [6.07, 6.45) is 0.368. The van der Waals surface area contributed by atoms with E-state index in [1.165, 1.54) is 12.0 Å². The molecular formula is C22H24N2O5. The Bertz CT molecular complexity index is 925. The lowest BCUT2D eigenvalue weighted by Crippen LogP contribution is -2.50. The quantitative estimate of drug-likeness (QED) is 0.720. The summed E-state index contributed by atoms with van der Waals surface area (Å²) in [4.78, 5) is 40.7. The van der Waals surface area contributed by atoms with Gasteiger partial charge in [-0.1, -0.05) is 30.3 Å². The number of amides is 1. The Kier molecular flexibility index (Phi) is 6.16. The molecule has 1 aliphatic rings. The first kappa shape index (κ1) is 20.4. The highest BCUT2D eigenvalue weighted by Crippen LogP contribution is 2.24. The SMILES string of the molecule is COC(=O)[C@@H]1Cc2ccccc2CN1C(=O)COC(=O)c1cccc(N(C)C)c1. The third kappa shape index (κ3) is 4.56. The van der Waals surface area contributed by atoms with Crippen molar-refractivity contribution in [2.75, 3.05) is 32.7 Å². The van der Waals surface area contributed by atoms with E-state index < -0.39 is 30.5 Å². The minimum atomic E-state index is -0.738. The van der Waals surface area contributed by atoms with Crippen molar-refractivity contribution in [2.24, 2.45) is 0 Å². The maximum Gasteiger partial charge on any atom is 0.338 e. The van der Waals surface area contributed by atoms with Crippen molar-refractivity contribution in [3.63, 3.8) is 0 Å². The largest absolute Gasteiger partial charge is 0.467 e. The van der Waals surface area contributed by atoms with E-state index >= 15 is 0 Å². The third-order valence-corrected chi connectivity index (χ3v) is 4.97. The molecule has 1 heterocycles. The van der Waals surface area contributed by atoms with Crippen LogP contribution in [0.5, 0.6) is 0 Å². The molecule has 0 bridgehead atoms. The Morgan fingerprint density at radius 3 is 2.48 bits per heavy atom. The smallest absolute Gasteiger partial charge is 0.338 e. The van der Waals surface area contributed by atoms with E-state index in [1.807, 2.05) is 49.3 Å². The number of nitrogens with zero attached hydrogens (tertiary/aromatic N) is 2. The highest BCUT2D eigenvalue weighted by molar-refractivity contribution is 5.93. The molecule has 0 saturated heterocycles. The van der Waals surface area contributed by atoms with Gasteiger partial charge in [-0.15, -0.1) is 0 Å². The van der Waals surface area contributed by atoms with Crippen LogP contribution in [0.4, 0.5) is 5.69 Å². The summed E-state index contributed by atoms with van der Waals surface area (Å²) in [7, 11) is 5.04. The molecule has 1 aliphatic heterocycles. The van der Waals surface area contributed by atoms with Crippen LogP contribution in [0.3, 0.4) is 0 Å². The normalized spacial score (nSPS) is 15.3. The molecule has 2 aromatic rings. The van der Waals surface area contributed by atoms with Crippen molar-refractivity contribution in [1.82, 2.24) is 4.90 Å². The molecule has 7 nitrogen and oxygen atoms in total. The van der Waals surface area contributed by atoms with E-state index in [2.05, 4.69) is 0 Å². The maximum absolute atomic E-state index is 12.8. The Morgan fingerprint density at radius 2 is 1.79 bits per heavy atom. The van der Waals surface area contributed by atoms with Crippen molar-refractivity contribution < 1.29 is 23.9 Å². The molecule has 0 aromatic heterocycles. The van der Waals surface area contributed by atoms with Crippen LogP contribution in [-0.2, 0) is 32.0 Å². The van der Waals surface area contributed by atoms with Crippen LogP contribution in [0.1, 0.15) is 21.5 Å². The molecule has 0 spiro atoms.